The van der Waals surface area contributed by atoms with Gasteiger partial charge in [0, 0.05) is 0 Å². The highest BCUT2D eigenvalue weighted by molar-refractivity contribution is 14.1. The monoisotopic (exact) mass is 331 g/mol. The second kappa shape index (κ2) is 4.40. The molecule has 1 aromatic carbocycles. The first-order valence-electron chi connectivity index (χ1n) is 4.81. The molecular weight excluding hydrogens is 320 g/mol. The fourth-order valence-corrected chi connectivity index (χ4v) is 1.89. The maximum Gasteiger partial charge on any atom is 0.135 e. The average molecular weight is 331 g/mol. The lowest BCUT2D eigenvalue weighted by Gasteiger charge is -2.04. The molecule has 0 saturated heterocycles. The van der Waals surface area contributed by atoms with Crippen molar-refractivity contribution in [2.45, 2.75) is 13.5 Å². The van der Waals surface area contributed by atoms with E-state index in [1.54, 1.807) is 10.7 Å². The maximum atomic E-state index is 13.0. The third-order valence-corrected chi connectivity index (χ3v) is 3.65. The number of rotatable bonds is 2. The van der Waals surface area contributed by atoms with Crippen molar-refractivity contribution in [3.63, 3.8) is 0 Å². The van der Waals surface area contributed by atoms with Gasteiger partial charge < -0.3 is 5.73 Å². The minimum atomic E-state index is -0.241. The van der Waals surface area contributed by atoms with Gasteiger partial charge in [-0.3, -0.25) is 0 Å². The standard InChI is InChI=1S/C11H11FIN3/c1-7-10(13)11(14)16(15-7)6-8-3-2-4-9(12)5-8/h2-5H,6,14H2,1H3. The number of nitrogens with two attached hydrogens (primary N) is 1. The maximum absolute atomic E-state index is 13.0. The Kier molecular flexibility index (Phi) is 3.13. The Morgan fingerprint density at radius 1 is 1.50 bits per heavy atom. The largest absolute Gasteiger partial charge is 0.383 e. The quantitative estimate of drug-likeness (QED) is 0.860. The van der Waals surface area contributed by atoms with Gasteiger partial charge in [-0.15, -0.1) is 0 Å². The summed E-state index contributed by atoms with van der Waals surface area (Å²) < 4.78 is 15.6. The zero-order valence-corrected chi connectivity index (χ0v) is 10.9. The predicted molar refractivity (Wildman–Crippen MR) is 69.6 cm³/mol. The van der Waals surface area contributed by atoms with Gasteiger partial charge in [0.25, 0.3) is 0 Å². The third-order valence-electron chi connectivity index (χ3n) is 2.31. The Labute approximate surface area is 107 Å². The smallest absolute Gasteiger partial charge is 0.135 e. The molecule has 2 aromatic rings. The van der Waals surface area contributed by atoms with E-state index in [0.717, 1.165) is 14.8 Å². The molecule has 0 aliphatic heterocycles. The Balaban J connectivity index is 2.30. The molecule has 1 heterocycles. The van der Waals surface area contributed by atoms with Crippen molar-refractivity contribution in [1.29, 1.82) is 0 Å². The summed E-state index contributed by atoms with van der Waals surface area (Å²) in [5, 5.41) is 4.30. The first-order valence-corrected chi connectivity index (χ1v) is 5.88. The van der Waals surface area contributed by atoms with Crippen molar-refractivity contribution in [2.75, 3.05) is 5.73 Å². The van der Waals surface area contributed by atoms with Crippen LogP contribution in [0.3, 0.4) is 0 Å². The number of hydrogen-bond donors (Lipinski definition) is 1. The highest BCUT2D eigenvalue weighted by Gasteiger charge is 2.09. The SMILES string of the molecule is Cc1nn(Cc2cccc(F)c2)c(N)c1I. The summed E-state index contributed by atoms with van der Waals surface area (Å²) in [5.74, 6) is 0.386. The van der Waals surface area contributed by atoms with Crippen LogP contribution in [0, 0.1) is 16.3 Å². The van der Waals surface area contributed by atoms with Crippen LogP contribution < -0.4 is 5.73 Å². The molecule has 3 nitrogen and oxygen atoms in total. The van der Waals surface area contributed by atoms with Crippen LogP contribution in [0.15, 0.2) is 24.3 Å². The summed E-state index contributed by atoms with van der Waals surface area (Å²) >= 11 is 2.16. The fraction of sp³-hybridized carbons (Fsp3) is 0.182. The average Bonchev–Trinajstić information content (AvgIpc) is 2.47. The molecule has 0 aliphatic rings. The lowest BCUT2D eigenvalue weighted by Crippen LogP contribution is -2.06. The molecule has 0 bridgehead atoms. The third kappa shape index (κ3) is 2.18. The van der Waals surface area contributed by atoms with Crippen LogP contribution in [0.2, 0.25) is 0 Å². The van der Waals surface area contributed by atoms with Crippen LogP contribution in [-0.4, -0.2) is 9.78 Å². The van der Waals surface area contributed by atoms with E-state index in [2.05, 4.69) is 27.7 Å². The molecule has 1 aromatic heterocycles. The van der Waals surface area contributed by atoms with Crippen LogP contribution in [0.4, 0.5) is 10.2 Å². The lowest BCUT2D eigenvalue weighted by atomic mass is 10.2. The van der Waals surface area contributed by atoms with Crippen molar-refractivity contribution in [1.82, 2.24) is 9.78 Å². The molecule has 16 heavy (non-hydrogen) atoms. The van der Waals surface area contributed by atoms with E-state index in [1.165, 1.54) is 12.1 Å². The van der Waals surface area contributed by atoms with Gasteiger partial charge in [-0.1, -0.05) is 12.1 Å². The molecule has 0 fully saturated rings. The first-order chi connectivity index (χ1) is 7.58. The number of aromatic nitrogens is 2. The van der Waals surface area contributed by atoms with Crippen LogP contribution in [0.5, 0.6) is 0 Å². The van der Waals surface area contributed by atoms with E-state index in [4.69, 9.17) is 5.73 Å². The summed E-state index contributed by atoms with van der Waals surface area (Å²) in [7, 11) is 0. The van der Waals surface area contributed by atoms with Gasteiger partial charge >= 0.3 is 0 Å². The van der Waals surface area contributed by atoms with Gasteiger partial charge in [0.15, 0.2) is 0 Å². The van der Waals surface area contributed by atoms with Crippen molar-refractivity contribution < 1.29 is 4.39 Å². The number of aryl methyl sites for hydroxylation is 1. The number of benzene rings is 1. The summed E-state index contributed by atoms with van der Waals surface area (Å²) in [5.41, 5.74) is 7.64. The molecular formula is C11H11FIN3. The molecule has 2 N–H and O–H groups in total. The van der Waals surface area contributed by atoms with Crippen molar-refractivity contribution in [2.24, 2.45) is 0 Å². The summed E-state index contributed by atoms with van der Waals surface area (Å²) in [4.78, 5) is 0. The highest BCUT2D eigenvalue weighted by atomic mass is 127. The lowest BCUT2D eigenvalue weighted by molar-refractivity contribution is 0.619. The molecule has 0 amide bonds. The molecule has 0 spiro atoms. The van der Waals surface area contributed by atoms with Crippen molar-refractivity contribution >= 4 is 28.4 Å². The van der Waals surface area contributed by atoms with E-state index in [-0.39, 0.29) is 5.82 Å². The topological polar surface area (TPSA) is 43.8 Å². The normalized spacial score (nSPS) is 10.7. The van der Waals surface area contributed by atoms with Crippen LogP contribution in [-0.2, 0) is 6.54 Å². The van der Waals surface area contributed by atoms with Crippen molar-refractivity contribution in [3.8, 4) is 0 Å². The van der Waals surface area contributed by atoms with E-state index >= 15 is 0 Å². The number of nitrogens with zero attached hydrogens (tertiary/aromatic N) is 2. The molecule has 0 saturated carbocycles. The molecule has 0 atom stereocenters. The Morgan fingerprint density at radius 3 is 2.81 bits per heavy atom. The molecule has 0 aliphatic carbocycles. The highest BCUT2D eigenvalue weighted by Crippen LogP contribution is 2.19. The zero-order chi connectivity index (χ0) is 11.7. The minimum Gasteiger partial charge on any atom is -0.383 e. The zero-order valence-electron chi connectivity index (χ0n) is 8.74. The first kappa shape index (κ1) is 11.4. The second-order valence-corrected chi connectivity index (χ2v) is 4.65. The van der Waals surface area contributed by atoms with Crippen LogP contribution in [0.25, 0.3) is 0 Å². The Hall–Kier alpha value is -1.11. The number of hydrogen-bond acceptors (Lipinski definition) is 2. The van der Waals surface area contributed by atoms with Crippen molar-refractivity contribution in [3.05, 3.63) is 44.9 Å². The summed E-state index contributed by atoms with van der Waals surface area (Å²) in [6, 6.07) is 6.45. The Morgan fingerprint density at radius 2 is 2.25 bits per heavy atom. The van der Waals surface area contributed by atoms with Crippen LogP contribution in [0.1, 0.15) is 11.3 Å². The van der Waals surface area contributed by atoms with Gasteiger partial charge in [-0.05, 0) is 47.2 Å². The van der Waals surface area contributed by atoms with Gasteiger partial charge in [0.05, 0.1) is 15.8 Å². The molecule has 2 rings (SSSR count). The van der Waals surface area contributed by atoms with E-state index in [1.807, 2.05) is 13.0 Å². The summed E-state index contributed by atoms with van der Waals surface area (Å²) in [6.45, 7) is 2.40. The van der Waals surface area contributed by atoms with Gasteiger partial charge in [-0.25, -0.2) is 9.07 Å². The summed E-state index contributed by atoms with van der Waals surface area (Å²) in [6.07, 6.45) is 0. The number of anilines is 1. The molecule has 0 radical (unpaired) electrons. The fourth-order valence-electron chi connectivity index (χ4n) is 1.51. The number of halogens is 2. The van der Waals surface area contributed by atoms with E-state index in [0.29, 0.717) is 12.4 Å². The predicted octanol–water partition coefficient (Wildman–Crippen LogP) is 2.57. The Bertz CT molecular complexity index is 522. The van der Waals surface area contributed by atoms with Gasteiger partial charge in [0.2, 0.25) is 0 Å². The molecule has 84 valence electrons. The van der Waals surface area contributed by atoms with Gasteiger partial charge in [-0.2, -0.15) is 5.10 Å². The number of nitrogen functional groups attached to an aromatic ring is 1. The second-order valence-electron chi connectivity index (χ2n) is 3.57. The van der Waals surface area contributed by atoms with Gasteiger partial charge in [0.1, 0.15) is 11.6 Å². The van der Waals surface area contributed by atoms with Crippen LogP contribution >= 0.6 is 22.6 Å². The molecule has 5 heteroatoms. The molecule has 0 unspecified atom stereocenters. The van der Waals surface area contributed by atoms with E-state index in [9.17, 15) is 4.39 Å². The minimum absolute atomic E-state index is 0.241. The van der Waals surface area contributed by atoms with E-state index < -0.39 is 0 Å².